The molecular weight excluding hydrogens is 516 g/mol. The zero-order chi connectivity index (χ0) is 27.1. The summed E-state index contributed by atoms with van der Waals surface area (Å²) in [6, 6.07) is 11.3. The standard InChI is InChI=1S/C29H38N4O3S2/c1-29(2,3)22-9-10-24-20(16-22)15-21-18-26(37-28(21)31-24)27(34)30-25(11-14-33-12-6-13-33)19-7-5-8-23(17-19)32-38(4,35)36/h5,7-8,15,17-18,22,25,32H,6,9-14,16H2,1-4H3,(H,30,34)/t22-,25?/m0/s1. The van der Waals surface area contributed by atoms with Gasteiger partial charge in [0.05, 0.1) is 17.2 Å². The minimum absolute atomic E-state index is 0.117. The highest BCUT2D eigenvalue weighted by molar-refractivity contribution is 7.92. The van der Waals surface area contributed by atoms with Gasteiger partial charge < -0.3 is 10.2 Å². The van der Waals surface area contributed by atoms with E-state index in [2.05, 4.69) is 41.8 Å². The van der Waals surface area contributed by atoms with Crippen LogP contribution < -0.4 is 10.0 Å². The average Bonchev–Trinajstić information content (AvgIpc) is 3.22. The minimum Gasteiger partial charge on any atom is -0.344 e. The molecule has 3 aromatic rings. The van der Waals surface area contributed by atoms with Gasteiger partial charge in [-0.1, -0.05) is 32.9 Å². The quantitative estimate of drug-likeness (QED) is 0.390. The number of likely N-dealkylation sites (tertiary alicyclic amines) is 1. The van der Waals surface area contributed by atoms with Crippen LogP contribution in [-0.2, 0) is 22.9 Å². The smallest absolute Gasteiger partial charge is 0.261 e. The number of aryl methyl sites for hydroxylation is 1. The second kappa shape index (κ2) is 10.6. The highest BCUT2D eigenvalue weighted by Gasteiger charge is 2.30. The second-order valence-electron chi connectivity index (χ2n) is 11.9. The van der Waals surface area contributed by atoms with Crippen molar-refractivity contribution < 1.29 is 13.2 Å². The van der Waals surface area contributed by atoms with Crippen LogP contribution in [0.25, 0.3) is 10.2 Å². The molecule has 0 spiro atoms. The van der Waals surface area contributed by atoms with Crippen LogP contribution in [0, 0.1) is 11.3 Å². The van der Waals surface area contributed by atoms with E-state index in [1.54, 1.807) is 6.07 Å². The van der Waals surface area contributed by atoms with Crippen LogP contribution in [-0.4, -0.2) is 50.1 Å². The Labute approximate surface area is 230 Å². The molecule has 1 aliphatic heterocycles. The molecule has 3 heterocycles. The Kier molecular flexibility index (Phi) is 7.55. The molecular formula is C29H38N4O3S2. The molecule has 1 aliphatic carbocycles. The number of rotatable bonds is 8. The first-order chi connectivity index (χ1) is 17.9. The molecule has 2 N–H and O–H groups in total. The molecule has 1 fully saturated rings. The molecule has 2 atom stereocenters. The monoisotopic (exact) mass is 554 g/mol. The van der Waals surface area contributed by atoms with E-state index in [9.17, 15) is 13.2 Å². The van der Waals surface area contributed by atoms with Gasteiger partial charge >= 0.3 is 0 Å². The maximum Gasteiger partial charge on any atom is 0.261 e. The number of thiophene rings is 1. The van der Waals surface area contributed by atoms with Crippen LogP contribution in [0.15, 0.2) is 36.4 Å². The largest absolute Gasteiger partial charge is 0.344 e. The van der Waals surface area contributed by atoms with Crippen LogP contribution in [0.5, 0.6) is 0 Å². The SMILES string of the molecule is CC(C)(C)[C@H]1CCc2nc3sc(C(=O)NC(CCN4CCC4)c4cccc(NS(C)(=O)=O)c4)cc3cc2C1. The first-order valence-corrected chi connectivity index (χ1v) is 16.2. The lowest BCUT2D eigenvalue weighted by Crippen LogP contribution is -2.39. The van der Waals surface area contributed by atoms with Gasteiger partial charge in [-0.2, -0.15) is 0 Å². The summed E-state index contributed by atoms with van der Waals surface area (Å²) in [4.78, 5) is 22.4. The van der Waals surface area contributed by atoms with Gasteiger partial charge in [0, 0.05) is 23.3 Å². The summed E-state index contributed by atoms with van der Waals surface area (Å²) in [6.45, 7) is 9.98. The van der Waals surface area contributed by atoms with Gasteiger partial charge in [-0.05, 0) is 91.9 Å². The van der Waals surface area contributed by atoms with E-state index in [-0.39, 0.29) is 17.4 Å². The van der Waals surface area contributed by atoms with Gasteiger partial charge in [0.25, 0.3) is 5.91 Å². The topological polar surface area (TPSA) is 91.4 Å². The Hall–Kier alpha value is -2.49. The minimum atomic E-state index is -3.39. The zero-order valence-corrected chi connectivity index (χ0v) is 24.3. The van der Waals surface area contributed by atoms with Gasteiger partial charge in [-0.15, -0.1) is 11.3 Å². The third kappa shape index (κ3) is 6.38. The average molecular weight is 555 g/mol. The number of sulfonamides is 1. The number of aromatic nitrogens is 1. The fourth-order valence-electron chi connectivity index (χ4n) is 5.48. The van der Waals surface area contributed by atoms with E-state index in [0.29, 0.717) is 16.5 Å². The number of benzene rings is 1. The van der Waals surface area contributed by atoms with Crippen molar-refractivity contribution in [3.05, 3.63) is 58.1 Å². The normalized spacial score (nSPS) is 19.0. The highest BCUT2D eigenvalue weighted by atomic mass is 32.2. The van der Waals surface area contributed by atoms with E-state index in [1.807, 2.05) is 24.3 Å². The molecule has 2 aromatic heterocycles. The van der Waals surface area contributed by atoms with Crippen molar-refractivity contribution in [1.29, 1.82) is 0 Å². The van der Waals surface area contributed by atoms with Gasteiger partial charge in [-0.25, -0.2) is 13.4 Å². The summed E-state index contributed by atoms with van der Waals surface area (Å²) in [5.41, 5.74) is 4.14. The number of pyridine rings is 1. The van der Waals surface area contributed by atoms with Crippen molar-refractivity contribution in [2.24, 2.45) is 11.3 Å². The lowest BCUT2D eigenvalue weighted by Gasteiger charge is -2.34. The maximum absolute atomic E-state index is 13.5. The van der Waals surface area contributed by atoms with Crippen LogP contribution in [0.2, 0.25) is 0 Å². The second-order valence-corrected chi connectivity index (χ2v) is 14.7. The lowest BCUT2D eigenvalue weighted by molar-refractivity contribution is 0.0930. The highest BCUT2D eigenvalue weighted by Crippen LogP contribution is 2.38. The van der Waals surface area contributed by atoms with Crippen LogP contribution >= 0.6 is 11.3 Å². The van der Waals surface area contributed by atoms with E-state index in [0.717, 1.165) is 67.4 Å². The van der Waals surface area contributed by atoms with Crippen molar-refractivity contribution in [1.82, 2.24) is 15.2 Å². The van der Waals surface area contributed by atoms with Crippen LogP contribution in [0.1, 0.15) is 72.6 Å². The molecule has 38 heavy (non-hydrogen) atoms. The number of anilines is 1. The van der Waals surface area contributed by atoms with Gasteiger partial charge in [0.15, 0.2) is 0 Å². The maximum atomic E-state index is 13.5. The molecule has 0 saturated carbocycles. The molecule has 7 nitrogen and oxygen atoms in total. The van der Waals surface area contributed by atoms with Crippen molar-refractivity contribution in [3.63, 3.8) is 0 Å². The molecule has 1 saturated heterocycles. The Morgan fingerprint density at radius 3 is 2.68 bits per heavy atom. The molecule has 0 radical (unpaired) electrons. The van der Waals surface area contributed by atoms with Gasteiger partial charge in [-0.3, -0.25) is 9.52 Å². The van der Waals surface area contributed by atoms with Crippen molar-refractivity contribution in [3.8, 4) is 0 Å². The summed E-state index contributed by atoms with van der Waals surface area (Å²) >= 11 is 1.45. The predicted molar refractivity (Wildman–Crippen MR) is 155 cm³/mol. The molecule has 0 bridgehead atoms. The number of nitrogens with zero attached hydrogens (tertiary/aromatic N) is 2. The van der Waals surface area contributed by atoms with E-state index < -0.39 is 10.0 Å². The molecule has 204 valence electrons. The number of nitrogens with one attached hydrogen (secondary N) is 2. The number of hydrogen-bond donors (Lipinski definition) is 2. The van der Waals surface area contributed by atoms with E-state index in [1.165, 1.54) is 29.0 Å². The Morgan fingerprint density at radius 1 is 1.21 bits per heavy atom. The van der Waals surface area contributed by atoms with Crippen LogP contribution in [0.3, 0.4) is 0 Å². The van der Waals surface area contributed by atoms with Gasteiger partial charge in [0.2, 0.25) is 10.0 Å². The summed E-state index contributed by atoms with van der Waals surface area (Å²) in [7, 11) is -3.39. The molecule has 1 aromatic carbocycles. The molecule has 9 heteroatoms. The van der Waals surface area contributed by atoms with Crippen molar-refractivity contribution >= 4 is 43.2 Å². The predicted octanol–water partition coefficient (Wildman–Crippen LogP) is 5.39. The molecule has 1 unspecified atom stereocenters. The first kappa shape index (κ1) is 27.1. The van der Waals surface area contributed by atoms with Crippen molar-refractivity contribution in [2.45, 2.75) is 58.9 Å². The lowest BCUT2D eigenvalue weighted by atomic mass is 9.71. The van der Waals surface area contributed by atoms with Crippen molar-refractivity contribution in [2.75, 3.05) is 30.6 Å². The zero-order valence-electron chi connectivity index (χ0n) is 22.7. The Bertz CT molecular complexity index is 1440. The Morgan fingerprint density at radius 2 is 2.00 bits per heavy atom. The number of hydrogen-bond acceptors (Lipinski definition) is 6. The van der Waals surface area contributed by atoms with E-state index in [4.69, 9.17) is 4.98 Å². The summed E-state index contributed by atoms with van der Waals surface area (Å²) in [6.07, 6.45) is 6.28. The summed E-state index contributed by atoms with van der Waals surface area (Å²) < 4.78 is 26.1. The molecule has 5 rings (SSSR count). The number of amides is 1. The fraction of sp³-hybridized carbons (Fsp3) is 0.517. The molecule has 2 aliphatic rings. The van der Waals surface area contributed by atoms with Crippen LogP contribution in [0.4, 0.5) is 5.69 Å². The van der Waals surface area contributed by atoms with Gasteiger partial charge in [0.1, 0.15) is 4.83 Å². The third-order valence-corrected chi connectivity index (χ3v) is 9.55. The Balaban J connectivity index is 1.37. The third-order valence-electron chi connectivity index (χ3n) is 7.90. The number of carbonyl (C=O) groups excluding carboxylic acids is 1. The first-order valence-electron chi connectivity index (χ1n) is 13.5. The fourth-order valence-corrected chi connectivity index (χ4v) is 6.97. The molecule has 1 amide bonds. The summed E-state index contributed by atoms with van der Waals surface area (Å²) in [5, 5.41) is 4.27. The number of fused-ring (bicyclic) bond motifs is 2. The summed E-state index contributed by atoms with van der Waals surface area (Å²) in [5.74, 6) is 0.518. The number of carbonyl (C=O) groups is 1. The van der Waals surface area contributed by atoms with E-state index >= 15 is 0 Å².